The molecule has 56 valence electrons. The fourth-order valence-electron chi connectivity index (χ4n) is 0.251. The maximum Gasteiger partial charge on any atom is 0.196 e. The van der Waals surface area contributed by atoms with Gasteiger partial charge < -0.3 is 9.42 Å². The lowest BCUT2D eigenvalue weighted by Gasteiger charge is -2.05. The number of rotatable bonds is 5. The topological polar surface area (TPSA) is 38.7 Å². The van der Waals surface area contributed by atoms with E-state index in [1.165, 1.54) is 9.21 Å². The minimum absolute atomic E-state index is 0.288. The van der Waals surface area contributed by atoms with Crippen LogP contribution < -0.4 is 0 Å². The molecule has 1 atom stereocenters. The van der Waals surface area contributed by atoms with E-state index in [1.807, 2.05) is 28.1 Å². The molecule has 1 N–H and O–H groups in total. The van der Waals surface area contributed by atoms with Gasteiger partial charge >= 0.3 is 0 Å². The fourth-order valence-corrected chi connectivity index (χ4v) is 2.17. The first-order valence-corrected chi connectivity index (χ1v) is 6.99. The predicted molar refractivity (Wildman–Crippen MR) is 48.3 cm³/mol. The van der Waals surface area contributed by atoms with Gasteiger partial charge in [-0.1, -0.05) is 0 Å². The molecule has 0 fully saturated rings. The molecule has 0 aromatic rings. The van der Waals surface area contributed by atoms with E-state index in [4.69, 9.17) is 13.6 Å². The minimum Gasteiger partial charge on any atom is -0.348 e. The summed E-state index contributed by atoms with van der Waals surface area (Å²) in [6.07, 6.45) is 0.288. The van der Waals surface area contributed by atoms with Crippen molar-refractivity contribution in [3.05, 3.63) is 0 Å². The molecule has 1 unspecified atom stereocenters. The highest BCUT2D eigenvalue weighted by atomic mass is 127. The predicted octanol–water partition coefficient (Wildman–Crippen LogP) is 2.30. The summed E-state index contributed by atoms with van der Waals surface area (Å²) in [4.78, 5) is 8.88. The summed E-state index contributed by atoms with van der Waals surface area (Å²) >= 11 is 1.99. The highest BCUT2D eigenvalue weighted by molar-refractivity contribution is 14.2. The standard InChI is InChI=1S/C3H8IO3PS/c1-2-6-8(5)3-7-9-4/h5H,2-3H2,1H3. The summed E-state index contributed by atoms with van der Waals surface area (Å²) in [7, 11) is -0.132. The Morgan fingerprint density at radius 3 is 2.89 bits per heavy atom. The van der Waals surface area contributed by atoms with Crippen molar-refractivity contribution in [2.75, 3.05) is 13.0 Å². The molecule has 3 nitrogen and oxygen atoms in total. The molecule has 0 aliphatic carbocycles. The third-order valence-electron chi connectivity index (χ3n) is 0.486. The Balaban J connectivity index is 2.95. The average molecular weight is 282 g/mol. The van der Waals surface area contributed by atoms with Crippen LogP contribution in [0.25, 0.3) is 0 Å². The van der Waals surface area contributed by atoms with Crippen LogP contribution in [0.3, 0.4) is 0 Å². The SMILES string of the molecule is CCOP(O)COSI. The zero-order chi connectivity index (χ0) is 7.11. The van der Waals surface area contributed by atoms with Crippen molar-refractivity contribution < 1.29 is 13.6 Å². The van der Waals surface area contributed by atoms with Crippen molar-refractivity contribution in [1.29, 1.82) is 0 Å². The minimum atomic E-state index is -1.33. The lowest BCUT2D eigenvalue weighted by atomic mass is 10.9. The van der Waals surface area contributed by atoms with Gasteiger partial charge in [-0.05, 0) is 6.92 Å². The highest BCUT2D eigenvalue weighted by Gasteiger charge is 2.02. The molecule has 0 amide bonds. The Hall–Kier alpha value is 1.39. The van der Waals surface area contributed by atoms with Gasteiger partial charge in [-0.3, -0.25) is 4.18 Å². The molecule has 9 heavy (non-hydrogen) atoms. The van der Waals surface area contributed by atoms with Crippen molar-refractivity contribution in [1.82, 2.24) is 0 Å². The lowest BCUT2D eigenvalue weighted by Crippen LogP contribution is -1.88. The molecule has 0 aromatic carbocycles. The molecule has 0 spiro atoms. The van der Waals surface area contributed by atoms with Crippen LogP contribution in [0.15, 0.2) is 0 Å². The van der Waals surface area contributed by atoms with Crippen LogP contribution in [0.5, 0.6) is 0 Å². The van der Waals surface area contributed by atoms with E-state index in [1.54, 1.807) is 0 Å². The molecular formula is C3H8IO3PS. The van der Waals surface area contributed by atoms with Crippen molar-refractivity contribution in [3.63, 3.8) is 0 Å². The molecule has 0 bridgehead atoms. The van der Waals surface area contributed by atoms with Crippen LogP contribution in [0, 0.1) is 0 Å². The van der Waals surface area contributed by atoms with E-state index in [0.717, 1.165) is 0 Å². The molecule has 6 heteroatoms. The molecule has 0 aromatic heterocycles. The van der Waals surface area contributed by atoms with E-state index in [9.17, 15) is 0 Å². The molecule has 0 rings (SSSR count). The van der Waals surface area contributed by atoms with Gasteiger partial charge in [0, 0.05) is 21.2 Å². The Labute approximate surface area is 72.2 Å². The van der Waals surface area contributed by atoms with Gasteiger partial charge in [0.25, 0.3) is 0 Å². The van der Waals surface area contributed by atoms with Gasteiger partial charge in [0.05, 0.1) is 15.8 Å². The Morgan fingerprint density at radius 1 is 1.78 bits per heavy atom. The van der Waals surface area contributed by atoms with Crippen LogP contribution in [0.1, 0.15) is 6.92 Å². The molecule has 0 aliphatic heterocycles. The molecular weight excluding hydrogens is 274 g/mol. The van der Waals surface area contributed by atoms with E-state index < -0.39 is 8.38 Å². The normalized spacial score (nSPS) is 13.7. The molecule has 0 saturated carbocycles. The maximum absolute atomic E-state index is 8.88. The number of hydrogen-bond acceptors (Lipinski definition) is 4. The summed E-state index contributed by atoms with van der Waals surface area (Å²) in [5.74, 6) is 0. The summed E-state index contributed by atoms with van der Waals surface area (Å²) in [5.41, 5.74) is 0. The monoisotopic (exact) mass is 282 g/mol. The first-order chi connectivity index (χ1) is 4.31. The van der Waals surface area contributed by atoms with E-state index in [2.05, 4.69) is 0 Å². The summed E-state index contributed by atoms with van der Waals surface area (Å²) < 4.78 is 9.63. The van der Waals surface area contributed by atoms with Crippen LogP contribution in [0.4, 0.5) is 0 Å². The van der Waals surface area contributed by atoms with Gasteiger partial charge in [-0.2, -0.15) is 0 Å². The first-order valence-electron chi connectivity index (χ1n) is 2.30. The second-order valence-electron chi connectivity index (χ2n) is 1.08. The molecule has 0 aliphatic rings. The largest absolute Gasteiger partial charge is 0.348 e. The number of halogens is 1. The summed E-state index contributed by atoms with van der Waals surface area (Å²) in [6, 6.07) is 0. The fraction of sp³-hybridized carbons (Fsp3) is 1.00. The van der Waals surface area contributed by atoms with Crippen molar-refractivity contribution in [3.8, 4) is 0 Å². The Kier molecular flexibility index (Phi) is 8.65. The summed E-state index contributed by atoms with van der Waals surface area (Å²) in [5, 5.41) is 0. The average Bonchev–Trinajstić information content (AvgIpc) is 1.85. The lowest BCUT2D eigenvalue weighted by molar-refractivity contribution is 0.304. The maximum atomic E-state index is 8.88. The van der Waals surface area contributed by atoms with E-state index >= 15 is 0 Å². The van der Waals surface area contributed by atoms with Crippen LogP contribution in [-0.2, 0) is 8.71 Å². The zero-order valence-corrected chi connectivity index (χ0v) is 8.78. The Morgan fingerprint density at radius 2 is 2.44 bits per heavy atom. The molecule has 0 heterocycles. The zero-order valence-electron chi connectivity index (χ0n) is 4.91. The van der Waals surface area contributed by atoms with Gasteiger partial charge in [0.15, 0.2) is 8.38 Å². The van der Waals surface area contributed by atoms with E-state index in [-0.39, 0.29) is 6.35 Å². The molecule has 0 saturated heterocycles. The number of hydrogen-bond donors (Lipinski definition) is 1. The van der Waals surface area contributed by atoms with E-state index in [0.29, 0.717) is 6.61 Å². The molecule has 0 radical (unpaired) electrons. The quantitative estimate of drug-likeness (QED) is 0.477. The van der Waals surface area contributed by atoms with Crippen LogP contribution >= 0.6 is 38.8 Å². The smallest absolute Gasteiger partial charge is 0.196 e. The van der Waals surface area contributed by atoms with Crippen molar-refractivity contribution >= 4 is 38.8 Å². The van der Waals surface area contributed by atoms with Gasteiger partial charge in [-0.25, -0.2) is 0 Å². The first kappa shape index (κ1) is 10.4. The van der Waals surface area contributed by atoms with Crippen molar-refractivity contribution in [2.45, 2.75) is 6.92 Å². The van der Waals surface area contributed by atoms with Gasteiger partial charge in [0.1, 0.15) is 6.35 Å². The van der Waals surface area contributed by atoms with Crippen LogP contribution in [0.2, 0.25) is 0 Å². The Bertz CT molecular complexity index is 67.0. The second kappa shape index (κ2) is 7.50. The van der Waals surface area contributed by atoms with Crippen molar-refractivity contribution in [2.24, 2.45) is 0 Å². The third-order valence-corrected chi connectivity index (χ3v) is 2.54. The van der Waals surface area contributed by atoms with Crippen LogP contribution in [-0.4, -0.2) is 17.8 Å². The third kappa shape index (κ3) is 7.29. The van der Waals surface area contributed by atoms with Gasteiger partial charge in [0.2, 0.25) is 0 Å². The second-order valence-corrected chi connectivity index (χ2v) is 3.74. The highest BCUT2D eigenvalue weighted by Crippen LogP contribution is 2.33. The van der Waals surface area contributed by atoms with Gasteiger partial charge in [-0.15, -0.1) is 0 Å². The summed E-state index contributed by atoms with van der Waals surface area (Å²) in [6.45, 7) is 2.38.